The average Bonchev–Trinajstić information content (AvgIpc) is 3.92. The molecule has 0 amide bonds. The fraction of sp³-hybridized carbons (Fsp3) is 0.0909. The Morgan fingerprint density at radius 1 is 0.534 bits per heavy atom. The molecule has 2 unspecified atom stereocenters. The van der Waals surface area contributed by atoms with Crippen LogP contribution in [-0.2, 0) is 5.41 Å². The highest BCUT2D eigenvalue weighted by Gasteiger charge is 2.40. The molecule has 9 aromatic rings. The van der Waals surface area contributed by atoms with Crippen LogP contribution in [0.5, 0.6) is 5.75 Å². The number of benzene rings is 8. The number of hydrogen-bond donors (Lipinski definition) is 0. The zero-order valence-electron chi connectivity index (χ0n) is 32.3. The second-order valence-corrected chi connectivity index (χ2v) is 16.4. The van der Waals surface area contributed by atoms with E-state index in [0.717, 1.165) is 66.6 Å². The monoisotopic (exact) mass is 745 g/mol. The quantitative estimate of drug-likeness (QED) is 0.175. The van der Waals surface area contributed by atoms with E-state index in [2.05, 4.69) is 195 Å². The summed E-state index contributed by atoms with van der Waals surface area (Å²) in [5.41, 5.74) is 16.3. The third kappa shape index (κ3) is 4.80. The number of furan rings is 1. The van der Waals surface area contributed by atoms with Crippen LogP contribution < -0.4 is 9.64 Å². The number of hydrogen-bond acceptors (Lipinski definition) is 3. The van der Waals surface area contributed by atoms with E-state index in [0.29, 0.717) is 0 Å². The molecule has 276 valence electrons. The van der Waals surface area contributed by atoms with E-state index in [9.17, 15) is 0 Å². The van der Waals surface area contributed by atoms with E-state index in [4.69, 9.17) is 9.15 Å². The van der Waals surface area contributed by atoms with E-state index in [1.54, 1.807) is 0 Å². The van der Waals surface area contributed by atoms with Crippen LogP contribution in [0.3, 0.4) is 0 Å². The first kappa shape index (κ1) is 33.1. The summed E-state index contributed by atoms with van der Waals surface area (Å²) in [4.78, 5) is 2.47. The number of anilines is 3. The summed E-state index contributed by atoms with van der Waals surface area (Å²) in [5, 5.41) is 4.55. The van der Waals surface area contributed by atoms with E-state index in [1.165, 1.54) is 39.0 Å². The molecule has 0 spiro atoms. The molecule has 0 fully saturated rings. The van der Waals surface area contributed by atoms with Crippen molar-refractivity contribution in [1.82, 2.24) is 0 Å². The summed E-state index contributed by atoms with van der Waals surface area (Å²) in [7, 11) is 0. The molecule has 0 saturated heterocycles. The van der Waals surface area contributed by atoms with Crippen molar-refractivity contribution in [3.05, 3.63) is 210 Å². The summed E-state index contributed by atoms with van der Waals surface area (Å²) in [6.07, 6.45) is 6.64. The molecule has 58 heavy (non-hydrogen) atoms. The van der Waals surface area contributed by atoms with Gasteiger partial charge in [0.25, 0.3) is 0 Å². The fourth-order valence-corrected chi connectivity index (χ4v) is 10.1. The zero-order valence-corrected chi connectivity index (χ0v) is 32.3. The molecule has 2 aliphatic carbocycles. The first-order chi connectivity index (χ1) is 28.5. The van der Waals surface area contributed by atoms with Crippen LogP contribution in [0.4, 0.5) is 17.1 Å². The summed E-state index contributed by atoms with van der Waals surface area (Å²) < 4.78 is 13.3. The predicted octanol–water partition coefficient (Wildman–Crippen LogP) is 14.7. The highest BCUT2D eigenvalue weighted by atomic mass is 16.5. The van der Waals surface area contributed by atoms with Gasteiger partial charge in [-0.25, -0.2) is 0 Å². The Labute approximate surface area is 337 Å². The van der Waals surface area contributed by atoms with Crippen LogP contribution in [-0.4, -0.2) is 6.10 Å². The summed E-state index contributed by atoms with van der Waals surface area (Å²) in [5.74, 6) is 1.06. The molecule has 1 aromatic heterocycles. The van der Waals surface area contributed by atoms with Gasteiger partial charge >= 0.3 is 0 Å². The predicted molar refractivity (Wildman–Crippen MR) is 240 cm³/mol. The summed E-state index contributed by atoms with van der Waals surface area (Å²) >= 11 is 0. The molecule has 3 nitrogen and oxygen atoms in total. The lowest BCUT2D eigenvalue weighted by Gasteiger charge is -2.30. The van der Waals surface area contributed by atoms with Gasteiger partial charge in [-0.15, -0.1) is 0 Å². The molecule has 0 radical (unpaired) electrons. The van der Waals surface area contributed by atoms with Crippen LogP contribution in [0.15, 0.2) is 193 Å². The van der Waals surface area contributed by atoms with Crippen molar-refractivity contribution in [1.29, 1.82) is 0 Å². The first-order valence-electron chi connectivity index (χ1n) is 20.2. The molecule has 0 bridgehead atoms. The minimum absolute atomic E-state index is 0.0847. The van der Waals surface area contributed by atoms with Gasteiger partial charge in [-0.3, -0.25) is 0 Å². The van der Waals surface area contributed by atoms with Crippen molar-refractivity contribution in [2.24, 2.45) is 0 Å². The maximum absolute atomic E-state index is 7.04. The highest BCUT2D eigenvalue weighted by Crippen LogP contribution is 2.55. The minimum Gasteiger partial charge on any atom is -0.484 e. The Hall–Kier alpha value is -7.10. The van der Waals surface area contributed by atoms with Crippen molar-refractivity contribution in [2.45, 2.75) is 31.3 Å². The van der Waals surface area contributed by atoms with Crippen LogP contribution in [0.1, 0.15) is 42.0 Å². The Bertz CT molecular complexity index is 3180. The van der Waals surface area contributed by atoms with Crippen LogP contribution in [0.2, 0.25) is 0 Å². The van der Waals surface area contributed by atoms with Gasteiger partial charge in [0.2, 0.25) is 0 Å². The minimum atomic E-state index is -0.141. The largest absolute Gasteiger partial charge is 0.484 e. The fourth-order valence-electron chi connectivity index (χ4n) is 10.1. The molecule has 2 atom stereocenters. The third-order valence-corrected chi connectivity index (χ3v) is 12.8. The van der Waals surface area contributed by atoms with Crippen molar-refractivity contribution in [3.63, 3.8) is 0 Å². The van der Waals surface area contributed by atoms with Crippen LogP contribution in [0, 0.1) is 0 Å². The van der Waals surface area contributed by atoms with Gasteiger partial charge in [-0.1, -0.05) is 159 Å². The van der Waals surface area contributed by atoms with Gasteiger partial charge in [0.1, 0.15) is 23.0 Å². The lowest BCUT2D eigenvalue weighted by atomic mass is 9.82. The number of para-hydroxylation sites is 1. The summed E-state index contributed by atoms with van der Waals surface area (Å²) in [6.45, 7) is 4.71. The third-order valence-electron chi connectivity index (χ3n) is 12.8. The Morgan fingerprint density at radius 2 is 1.22 bits per heavy atom. The smallest absolute Gasteiger partial charge is 0.136 e. The average molecular weight is 746 g/mol. The zero-order chi connectivity index (χ0) is 38.5. The Kier molecular flexibility index (Phi) is 7.10. The van der Waals surface area contributed by atoms with Gasteiger partial charge in [0.15, 0.2) is 0 Å². The van der Waals surface area contributed by atoms with Crippen LogP contribution >= 0.6 is 0 Å². The molecule has 2 heterocycles. The van der Waals surface area contributed by atoms with Gasteiger partial charge in [-0.05, 0) is 81.4 Å². The molecular formula is C55H39NO2. The van der Waals surface area contributed by atoms with E-state index >= 15 is 0 Å². The number of rotatable bonds is 5. The van der Waals surface area contributed by atoms with E-state index < -0.39 is 0 Å². The van der Waals surface area contributed by atoms with Crippen molar-refractivity contribution in [2.75, 3.05) is 4.90 Å². The molecule has 1 aliphatic heterocycles. The lowest BCUT2D eigenvalue weighted by Crippen LogP contribution is -2.21. The van der Waals surface area contributed by atoms with Crippen molar-refractivity contribution >= 4 is 55.3 Å². The Morgan fingerprint density at radius 3 is 2.09 bits per heavy atom. The number of fused-ring (bicyclic) bond motifs is 11. The molecule has 3 heteroatoms. The second-order valence-electron chi connectivity index (χ2n) is 16.4. The summed E-state index contributed by atoms with van der Waals surface area (Å²) in [6, 6.07) is 61.5. The second kappa shape index (κ2) is 12.4. The van der Waals surface area contributed by atoms with Gasteiger partial charge in [-0.2, -0.15) is 0 Å². The molecule has 3 aliphatic rings. The van der Waals surface area contributed by atoms with Crippen molar-refractivity contribution < 1.29 is 9.15 Å². The number of allylic oxidation sites excluding steroid dienone is 2. The molecule has 12 rings (SSSR count). The number of ether oxygens (including phenoxy) is 1. The van der Waals surface area contributed by atoms with E-state index in [1.807, 2.05) is 12.1 Å². The van der Waals surface area contributed by atoms with Crippen molar-refractivity contribution in [3.8, 4) is 28.0 Å². The highest BCUT2D eigenvalue weighted by molar-refractivity contribution is 6.12. The number of nitrogens with zero attached hydrogens (tertiary/aromatic N) is 1. The maximum Gasteiger partial charge on any atom is 0.136 e. The SMILES string of the molecule is CC1(C)c2ccccc2-c2ccc(N(c3ccc(-c4cccc5oc6ccccc6c45)cc3)c3cc4c(c5ccccc35)OC3C(c5ccccc5)=CC=CC43)cc21. The molecule has 8 aromatic carbocycles. The first-order valence-corrected chi connectivity index (χ1v) is 20.2. The lowest BCUT2D eigenvalue weighted by molar-refractivity contribution is 0.281. The topological polar surface area (TPSA) is 25.6 Å². The maximum atomic E-state index is 7.04. The Balaban J connectivity index is 1.05. The van der Waals surface area contributed by atoms with E-state index in [-0.39, 0.29) is 17.4 Å². The molecule has 0 saturated carbocycles. The normalized spacial score (nSPS) is 17.1. The standard InChI is InChI=1S/C55H39NO2/c1-55(2)47-23-10-8-16-40(47)41-31-30-37(32-48(41)55)56(36-28-26-35(27-29-36)38-20-13-25-51-52(38)45-19-9-11-24-50(45)57-51)49-33-46-44-22-12-21-39(34-14-4-3-5-15-34)53(44)58-54(46)43-18-7-6-17-42(43)49/h3-33,44,53H,1-2H3. The van der Waals surface area contributed by atoms with Gasteiger partial charge in [0, 0.05) is 55.4 Å². The van der Waals surface area contributed by atoms with Crippen LogP contribution in [0.25, 0.3) is 60.5 Å². The molecule has 0 N–H and O–H groups in total. The molecular weight excluding hydrogens is 707 g/mol. The van der Waals surface area contributed by atoms with Gasteiger partial charge in [0.05, 0.1) is 5.69 Å². The van der Waals surface area contributed by atoms with Gasteiger partial charge < -0.3 is 14.1 Å².